The quantitative estimate of drug-likeness (QED) is 0.109. The highest BCUT2D eigenvalue weighted by atomic mass is 35.5. The molecule has 0 aliphatic carbocycles. The first kappa shape index (κ1) is 42.5. The van der Waals surface area contributed by atoms with E-state index in [1.54, 1.807) is 0 Å². The molecule has 5 heterocycles. The van der Waals surface area contributed by atoms with E-state index >= 15 is 4.79 Å². The number of likely N-dealkylation sites (N-methyl/N-ethyl adjacent to an activating group) is 1. The van der Waals surface area contributed by atoms with Crippen LogP contribution >= 0.6 is 23.2 Å². The van der Waals surface area contributed by atoms with E-state index in [0.717, 1.165) is 129 Å². The topological polar surface area (TPSA) is 101 Å². The van der Waals surface area contributed by atoms with Crippen molar-refractivity contribution in [2.24, 2.45) is 14.1 Å². The number of nitrogens with zero attached hydrogens (tertiary/aromatic N) is 7. The van der Waals surface area contributed by atoms with Crippen LogP contribution in [0.4, 0.5) is 5.69 Å². The molecule has 8 rings (SSSR count). The van der Waals surface area contributed by atoms with Crippen molar-refractivity contribution in [2.45, 2.75) is 60.0 Å². The van der Waals surface area contributed by atoms with Crippen LogP contribution < -0.4 is 9.64 Å². The molecule has 1 N–H and O–H groups in total. The van der Waals surface area contributed by atoms with Crippen LogP contribution in [0.5, 0.6) is 5.75 Å². The third-order valence-electron chi connectivity index (χ3n) is 12.1. The van der Waals surface area contributed by atoms with E-state index in [2.05, 4.69) is 53.5 Å². The molecule has 0 unspecified atom stereocenters. The van der Waals surface area contributed by atoms with Gasteiger partial charge in [0.25, 0.3) is 5.91 Å². The van der Waals surface area contributed by atoms with Crippen molar-refractivity contribution in [3.63, 3.8) is 0 Å². The normalized spacial score (nSPS) is 16.2. The number of hydrogen-bond acceptors (Lipinski definition) is 7. The zero-order valence-electron chi connectivity index (χ0n) is 35.6. The number of aliphatic hydroxyl groups excluding tert-OH is 1. The fraction of sp³-hybridized carbons (Fsp3) is 0.413. The summed E-state index contributed by atoms with van der Waals surface area (Å²) in [6, 6.07) is 12.2. The van der Waals surface area contributed by atoms with Crippen LogP contribution in [0.1, 0.15) is 73.9 Å². The number of aldehydes is 1. The van der Waals surface area contributed by atoms with Crippen LogP contribution in [-0.4, -0.2) is 99.5 Å². The molecule has 312 valence electrons. The van der Waals surface area contributed by atoms with Crippen molar-refractivity contribution < 1.29 is 19.4 Å². The van der Waals surface area contributed by atoms with Gasteiger partial charge in [0.15, 0.2) is 6.29 Å². The molecule has 13 heteroatoms. The van der Waals surface area contributed by atoms with Crippen molar-refractivity contribution in [1.82, 2.24) is 28.7 Å². The van der Waals surface area contributed by atoms with Gasteiger partial charge in [-0.15, -0.1) is 0 Å². The average molecular weight is 841 g/mol. The maximum atomic E-state index is 15.5. The fourth-order valence-electron chi connectivity index (χ4n) is 9.20. The van der Waals surface area contributed by atoms with Crippen molar-refractivity contribution in [2.75, 3.05) is 58.4 Å². The molecule has 2 aliphatic rings. The van der Waals surface area contributed by atoms with E-state index in [0.29, 0.717) is 42.3 Å². The number of aliphatic hydroxyl groups is 1. The summed E-state index contributed by atoms with van der Waals surface area (Å²) in [6.07, 6.45) is 4.09. The number of rotatable bonds is 10. The predicted molar refractivity (Wildman–Crippen MR) is 239 cm³/mol. The summed E-state index contributed by atoms with van der Waals surface area (Å²) < 4.78 is 12.4. The Kier molecular flexibility index (Phi) is 12.3. The van der Waals surface area contributed by atoms with Gasteiger partial charge in [-0.2, -0.15) is 5.10 Å². The SMILES string of the molecule is CO.Cc1cc(OCCCc2c3n(c4c(-c5c(C)nn(C)c5C)c(Cl)ccc24)[C@H](C)CN(c2cc(CN4CCN(C)CC4)cc4c(C=O)cn(C)c24)C3=O)cc(C)c1Cl. The van der Waals surface area contributed by atoms with Crippen LogP contribution in [0.2, 0.25) is 10.0 Å². The van der Waals surface area contributed by atoms with Crippen molar-refractivity contribution in [1.29, 1.82) is 0 Å². The fourth-order valence-corrected chi connectivity index (χ4v) is 9.56. The van der Waals surface area contributed by atoms with E-state index in [9.17, 15) is 4.79 Å². The number of aryl methyl sites for hydroxylation is 6. The Bertz CT molecular complexity index is 2560. The number of ether oxygens (including phenoxy) is 1. The van der Waals surface area contributed by atoms with Crippen molar-refractivity contribution in [3.8, 4) is 16.9 Å². The van der Waals surface area contributed by atoms with Crippen LogP contribution in [0.25, 0.3) is 32.9 Å². The Balaban J connectivity index is 0.00000260. The summed E-state index contributed by atoms with van der Waals surface area (Å²) in [5, 5.41) is 15.0. The number of benzene rings is 3. The molecule has 0 saturated carbocycles. The molecule has 1 fully saturated rings. The summed E-state index contributed by atoms with van der Waals surface area (Å²) in [5.74, 6) is 0.709. The Labute approximate surface area is 356 Å². The van der Waals surface area contributed by atoms with Gasteiger partial charge in [0, 0.05) is 111 Å². The maximum Gasteiger partial charge on any atom is 0.275 e. The smallest absolute Gasteiger partial charge is 0.275 e. The molecule has 0 radical (unpaired) electrons. The average Bonchev–Trinajstić information content (AvgIpc) is 3.82. The first-order valence-electron chi connectivity index (χ1n) is 20.3. The van der Waals surface area contributed by atoms with Crippen LogP contribution in [0, 0.1) is 27.7 Å². The molecule has 3 aromatic carbocycles. The van der Waals surface area contributed by atoms with Gasteiger partial charge in [0.05, 0.1) is 34.0 Å². The Morgan fingerprint density at radius 3 is 2.25 bits per heavy atom. The minimum absolute atomic E-state index is 0.0715. The molecule has 2 aliphatic heterocycles. The third-order valence-corrected chi connectivity index (χ3v) is 13.0. The number of piperazine rings is 1. The minimum Gasteiger partial charge on any atom is -0.494 e. The van der Waals surface area contributed by atoms with Gasteiger partial charge in [0.1, 0.15) is 11.4 Å². The zero-order chi connectivity index (χ0) is 42.4. The lowest BCUT2D eigenvalue weighted by molar-refractivity contribution is 0.0957. The number of hydrogen-bond donors (Lipinski definition) is 1. The lowest BCUT2D eigenvalue weighted by atomic mass is 9.98. The summed E-state index contributed by atoms with van der Waals surface area (Å²) in [5.41, 5.74) is 11.7. The van der Waals surface area contributed by atoms with Gasteiger partial charge in [-0.1, -0.05) is 29.3 Å². The molecule has 1 atom stereocenters. The molecule has 0 bridgehead atoms. The second-order valence-electron chi connectivity index (χ2n) is 16.2. The monoisotopic (exact) mass is 839 g/mol. The summed E-state index contributed by atoms with van der Waals surface area (Å²) in [6.45, 7) is 15.8. The van der Waals surface area contributed by atoms with E-state index in [1.165, 1.54) is 0 Å². The number of aromatic nitrogens is 4. The number of anilines is 1. The lowest BCUT2D eigenvalue weighted by Gasteiger charge is -2.35. The predicted octanol–water partition coefficient (Wildman–Crippen LogP) is 8.48. The molecule has 11 nitrogen and oxygen atoms in total. The Morgan fingerprint density at radius 1 is 0.915 bits per heavy atom. The first-order chi connectivity index (χ1) is 28.3. The molecular formula is C46H55Cl2N7O4. The number of carbonyl (C=O) groups is 2. The van der Waals surface area contributed by atoms with E-state index in [-0.39, 0.29) is 11.9 Å². The van der Waals surface area contributed by atoms with Crippen LogP contribution in [-0.2, 0) is 27.1 Å². The first-order valence-corrected chi connectivity index (χ1v) is 21.0. The Hall–Kier alpha value is -4.65. The largest absolute Gasteiger partial charge is 0.494 e. The van der Waals surface area contributed by atoms with Gasteiger partial charge < -0.3 is 28.8 Å². The second kappa shape index (κ2) is 17.1. The van der Waals surface area contributed by atoms with Crippen molar-refractivity contribution >= 4 is 62.9 Å². The zero-order valence-corrected chi connectivity index (χ0v) is 37.1. The highest BCUT2D eigenvalue weighted by Crippen LogP contribution is 2.46. The minimum atomic E-state index is -0.109. The van der Waals surface area contributed by atoms with Gasteiger partial charge in [0.2, 0.25) is 0 Å². The number of amides is 1. The number of carbonyl (C=O) groups excluding carboxylic acids is 2. The number of halogens is 2. The summed E-state index contributed by atoms with van der Waals surface area (Å²) >= 11 is 13.6. The summed E-state index contributed by atoms with van der Waals surface area (Å²) in [4.78, 5) is 34.6. The summed E-state index contributed by atoms with van der Waals surface area (Å²) in [7, 11) is 7.06. The van der Waals surface area contributed by atoms with Gasteiger partial charge in [-0.3, -0.25) is 19.2 Å². The van der Waals surface area contributed by atoms with E-state index < -0.39 is 0 Å². The molecule has 1 saturated heterocycles. The van der Waals surface area contributed by atoms with E-state index in [1.807, 2.05) is 73.4 Å². The highest BCUT2D eigenvalue weighted by molar-refractivity contribution is 6.35. The molecule has 3 aromatic heterocycles. The molecule has 0 spiro atoms. The molecule has 6 aromatic rings. The van der Waals surface area contributed by atoms with E-state index in [4.69, 9.17) is 38.1 Å². The molecule has 59 heavy (non-hydrogen) atoms. The lowest BCUT2D eigenvalue weighted by Crippen LogP contribution is -2.44. The van der Waals surface area contributed by atoms with Crippen molar-refractivity contribution in [3.05, 3.63) is 97.5 Å². The van der Waals surface area contributed by atoms with Gasteiger partial charge in [-0.05, 0) is 107 Å². The van der Waals surface area contributed by atoms with Crippen LogP contribution in [0.15, 0.2) is 42.6 Å². The maximum absolute atomic E-state index is 15.5. The van der Waals surface area contributed by atoms with Crippen LogP contribution in [0.3, 0.4) is 0 Å². The standard InChI is InChI=1S/C45H51Cl2N7O3.CH4O/c1-26-18-33(19-27(2)41(26)47)57-17-9-10-34-35-11-12-37(46)40(39-29(4)48-51(8)30(39)5)43(35)54-28(3)22-53(45(56)44(34)54)38-21-31(23-52-15-13-49(6)14-16-52)20-36-32(25-55)24-50(7)42(36)38;1-2/h11-12,18-21,24-25,28H,9-10,13-17,22-23H2,1-8H3;2H,1H3/t28-;/m1./s1. The third kappa shape index (κ3) is 7.68. The number of fused-ring (bicyclic) bond motifs is 4. The Morgan fingerprint density at radius 2 is 1.61 bits per heavy atom. The second-order valence-corrected chi connectivity index (χ2v) is 17.0. The molecule has 1 amide bonds. The van der Waals surface area contributed by atoms with Gasteiger partial charge >= 0.3 is 0 Å². The highest BCUT2D eigenvalue weighted by Gasteiger charge is 2.38. The van der Waals surface area contributed by atoms with Gasteiger partial charge in [-0.25, -0.2) is 0 Å². The molecular weight excluding hydrogens is 785 g/mol.